The van der Waals surface area contributed by atoms with Crippen LogP contribution in [0.25, 0.3) is 12.2 Å². The minimum atomic E-state index is -2.65. The zero-order valence-corrected chi connectivity index (χ0v) is 19.9. The SMILES string of the molecule is CCO[Si](CCCCC(=O)C1c2ccccc2C=Cc2ccccc21)(OCC)OCC. The summed E-state index contributed by atoms with van der Waals surface area (Å²) in [4.78, 5) is 13.5. The third kappa shape index (κ3) is 5.80. The zero-order chi connectivity index (χ0) is 22.1. The van der Waals surface area contributed by atoms with E-state index in [1.807, 2.05) is 45.0 Å². The average molecular weight is 439 g/mol. The van der Waals surface area contributed by atoms with Crippen molar-refractivity contribution in [2.24, 2.45) is 0 Å². The van der Waals surface area contributed by atoms with E-state index in [-0.39, 0.29) is 11.7 Å². The summed E-state index contributed by atoms with van der Waals surface area (Å²) < 4.78 is 17.8. The van der Waals surface area contributed by atoms with Crippen molar-refractivity contribution in [3.63, 3.8) is 0 Å². The van der Waals surface area contributed by atoms with Crippen molar-refractivity contribution in [3.05, 3.63) is 70.8 Å². The fourth-order valence-corrected chi connectivity index (χ4v) is 7.02. The van der Waals surface area contributed by atoms with Gasteiger partial charge in [-0.05, 0) is 55.9 Å². The van der Waals surface area contributed by atoms with E-state index in [0.29, 0.717) is 26.2 Å². The first-order valence-corrected chi connectivity index (χ1v) is 13.4. The maximum atomic E-state index is 13.5. The van der Waals surface area contributed by atoms with Crippen LogP contribution in [-0.4, -0.2) is 34.4 Å². The van der Waals surface area contributed by atoms with Crippen molar-refractivity contribution >= 4 is 26.7 Å². The standard InChI is InChI=1S/C26H34O4Si/c1-4-28-31(29-5-2,30-6-3)20-12-11-17-25(27)26-23-15-9-7-13-21(23)18-19-22-14-8-10-16-24(22)26/h7-10,13-16,18-19,26H,4-6,11-12,17,20H2,1-3H3. The highest BCUT2D eigenvalue weighted by Crippen LogP contribution is 2.36. The molecule has 0 aliphatic heterocycles. The molecule has 0 saturated heterocycles. The normalized spacial score (nSPS) is 13.5. The van der Waals surface area contributed by atoms with Gasteiger partial charge in [-0.15, -0.1) is 0 Å². The van der Waals surface area contributed by atoms with E-state index in [1.165, 1.54) is 0 Å². The van der Waals surface area contributed by atoms with Gasteiger partial charge in [0, 0.05) is 32.3 Å². The molecule has 0 unspecified atom stereocenters. The molecule has 31 heavy (non-hydrogen) atoms. The predicted octanol–water partition coefficient (Wildman–Crippen LogP) is 6.09. The zero-order valence-electron chi connectivity index (χ0n) is 18.9. The first kappa shape index (κ1) is 23.6. The second-order valence-corrected chi connectivity index (χ2v) is 10.4. The van der Waals surface area contributed by atoms with Crippen LogP contribution < -0.4 is 0 Å². The van der Waals surface area contributed by atoms with Gasteiger partial charge in [0.15, 0.2) is 0 Å². The largest absolute Gasteiger partial charge is 0.500 e. The van der Waals surface area contributed by atoms with Crippen molar-refractivity contribution in [3.8, 4) is 0 Å². The fraction of sp³-hybridized carbons (Fsp3) is 0.423. The Morgan fingerprint density at radius 3 is 1.74 bits per heavy atom. The lowest BCUT2D eigenvalue weighted by Crippen LogP contribution is -2.45. The minimum absolute atomic E-state index is 0.227. The Bertz CT molecular complexity index is 826. The maximum Gasteiger partial charge on any atom is 0.500 e. The molecular formula is C26H34O4Si. The van der Waals surface area contributed by atoms with Crippen molar-refractivity contribution in [1.82, 2.24) is 0 Å². The van der Waals surface area contributed by atoms with Gasteiger partial charge < -0.3 is 13.3 Å². The van der Waals surface area contributed by atoms with Gasteiger partial charge in [0.25, 0.3) is 0 Å². The van der Waals surface area contributed by atoms with Crippen LogP contribution >= 0.6 is 0 Å². The summed E-state index contributed by atoms with van der Waals surface area (Å²) in [5.41, 5.74) is 4.42. The molecule has 0 N–H and O–H groups in total. The van der Waals surface area contributed by atoms with Gasteiger partial charge in [-0.3, -0.25) is 4.79 Å². The molecule has 2 aromatic rings. The van der Waals surface area contributed by atoms with Crippen LogP contribution in [0, 0.1) is 0 Å². The molecule has 0 spiro atoms. The van der Waals surface area contributed by atoms with Gasteiger partial charge in [-0.2, -0.15) is 0 Å². The molecule has 0 amide bonds. The number of hydrogen-bond donors (Lipinski definition) is 0. The van der Waals surface area contributed by atoms with Gasteiger partial charge >= 0.3 is 8.80 Å². The van der Waals surface area contributed by atoms with E-state index in [9.17, 15) is 4.79 Å². The number of carbonyl (C=O) groups is 1. The van der Waals surface area contributed by atoms with Crippen LogP contribution in [-0.2, 0) is 18.1 Å². The molecule has 4 nitrogen and oxygen atoms in total. The molecule has 0 heterocycles. The average Bonchev–Trinajstić information content (AvgIpc) is 2.94. The number of carbonyl (C=O) groups excluding carboxylic acids is 1. The molecule has 166 valence electrons. The van der Waals surface area contributed by atoms with E-state index in [4.69, 9.17) is 13.3 Å². The summed E-state index contributed by atoms with van der Waals surface area (Å²) in [6.07, 6.45) is 6.42. The van der Waals surface area contributed by atoms with Crippen LogP contribution in [0.3, 0.4) is 0 Å². The third-order valence-electron chi connectivity index (χ3n) is 5.63. The quantitative estimate of drug-likeness (QED) is 0.297. The van der Waals surface area contributed by atoms with Crippen LogP contribution in [0.15, 0.2) is 48.5 Å². The van der Waals surface area contributed by atoms with E-state index < -0.39 is 8.80 Å². The van der Waals surface area contributed by atoms with E-state index in [0.717, 1.165) is 41.1 Å². The Labute approximate surface area is 187 Å². The van der Waals surface area contributed by atoms with E-state index in [1.54, 1.807) is 0 Å². The van der Waals surface area contributed by atoms with Crippen molar-refractivity contribution in [2.45, 2.75) is 52.0 Å². The number of benzene rings is 2. The second kappa shape index (κ2) is 11.5. The third-order valence-corrected chi connectivity index (χ3v) is 8.78. The van der Waals surface area contributed by atoms with Crippen LogP contribution in [0.1, 0.15) is 68.2 Å². The molecule has 5 heteroatoms. The smallest absolute Gasteiger partial charge is 0.374 e. The van der Waals surface area contributed by atoms with Crippen molar-refractivity contribution in [1.29, 1.82) is 0 Å². The fourth-order valence-electron chi connectivity index (χ4n) is 4.33. The van der Waals surface area contributed by atoms with Crippen molar-refractivity contribution < 1.29 is 18.1 Å². The Balaban J connectivity index is 1.71. The lowest BCUT2D eigenvalue weighted by atomic mass is 9.83. The Morgan fingerprint density at radius 2 is 1.26 bits per heavy atom. The second-order valence-electron chi connectivity index (χ2n) is 7.68. The topological polar surface area (TPSA) is 44.8 Å². The van der Waals surface area contributed by atoms with Crippen LogP contribution in [0.4, 0.5) is 0 Å². The molecule has 2 aromatic carbocycles. The highest BCUT2D eigenvalue weighted by atomic mass is 28.4. The minimum Gasteiger partial charge on any atom is -0.374 e. The maximum absolute atomic E-state index is 13.5. The predicted molar refractivity (Wildman–Crippen MR) is 128 cm³/mol. The summed E-state index contributed by atoms with van der Waals surface area (Å²) in [5, 5.41) is 0. The molecule has 0 atom stereocenters. The Kier molecular flexibility index (Phi) is 8.78. The summed E-state index contributed by atoms with van der Waals surface area (Å²) in [6.45, 7) is 7.64. The number of hydrogen-bond acceptors (Lipinski definition) is 4. The molecule has 0 aromatic heterocycles. The summed E-state index contributed by atoms with van der Waals surface area (Å²) in [6, 6.07) is 17.2. The number of rotatable bonds is 12. The summed E-state index contributed by atoms with van der Waals surface area (Å²) in [5.74, 6) is 0.0372. The first-order valence-electron chi connectivity index (χ1n) is 11.4. The molecule has 0 bridgehead atoms. The molecule has 0 radical (unpaired) electrons. The van der Waals surface area contributed by atoms with E-state index in [2.05, 4.69) is 36.4 Å². The number of unbranched alkanes of at least 4 members (excludes halogenated alkanes) is 1. The Hall–Kier alpha value is -2.05. The lowest BCUT2D eigenvalue weighted by Gasteiger charge is -2.28. The monoisotopic (exact) mass is 438 g/mol. The van der Waals surface area contributed by atoms with E-state index >= 15 is 0 Å². The number of fused-ring (bicyclic) bond motifs is 2. The molecule has 1 aliphatic rings. The van der Waals surface area contributed by atoms with Gasteiger partial charge in [0.2, 0.25) is 0 Å². The van der Waals surface area contributed by atoms with Crippen LogP contribution in [0.2, 0.25) is 6.04 Å². The first-order chi connectivity index (χ1) is 15.1. The molecule has 1 aliphatic carbocycles. The molecule has 0 saturated carbocycles. The van der Waals surface area contributed by atoms with Gasteiger partial charge in [-0.1, -0.05) is 60.7 Å². The number of ketones is 1. The van der Waals surface area contributed by atoms with Crippen LogP contribution in [0.5, 0.6) is 0 Å². The highest BCUT2D eigenvalue weighted by Gasteiger charge is 2.39. The van der Waals surface area contributed by atoms with Crippen molar-refractivity contribution in [2.75, 3.05) is 19.8 Å². The summed E-state index contributed by atoms with van der Waals surface area (Å²) >= 11 is 0. The molecule has 0 fully saturated rings. The molecular weight excluding hydrogens is 404 g/mol. The van der Waals surface area contributed by atoms with Gasteiger partial charge in [-0.25, -0.2) is 0 Å². The number of Topliss-reactive ketones (excluding diaryl/α,β-unsaturated/α-hetero) is 1. The van der Waals surface area contributed by atoms with Gasteiger partial charge in [0.1, 0.15) is 5.78 Å². The lowest BCUT2D eigenvalue weighted by molar-refractivity contribution is -0.119. The molecule has 3 rings (SSSR count). The highest BCUT2D eigenvalue weighted by molar-refractivity contribution is 6.60. The van der Waals surface area contributed by atoms with Gasteiger partial charge in [0.05, 0.1) is 5.92 Å². The Morgan fingerprint density at radius 1 is 0.774 bits per heavy atom. The summed E-state index contributed by atoms with van der Waals surface area (Å²) in [7, 11) is -2.65.